The van der Waals surface area contributed by atoms with Crippen LogP contribution in [0.3, 0.4) is 0 Å². The summed E-state index contributed by atoms with van der Waals surface area (Å²) in [4.78, 5) is 23.7. The van der Waals surface area contributed by atoms with E-state index in [-0.39, 0.29) is 5.78 Å². The molecule has 2 heteroatoms. The first-order chi connectivity index (χ1) is 9.71. The Bertz CT molecular complexity index is 625. The summed E-state index contributed by atoms with van der Waals surface area (Å²) in [5, 5.41) is 0. The SMILES string of the molecule is C=Cc1cccc(C=O)c1C(=O)c1ccc(CC)cc1. The zero-order valence-electron chi connectivity index (χ0n) is 11.4. The average molecular weight is 264 g/mol. The van der Waals surface area contributed by atoms with E-state index in [2.05, 4.69) is 13.5 Å². The fourth-order valence-corrected chi connectivity index (χ4v) is 2.16. The molecule has 0 fully saturated rings. The molecule has 0 saturated heterocycles. The maximum absolute atomic E-state index is 12.6. The van der Waals surface area contributed by atoms with Crippen LogP contribution in [0.5, 0.6) is 0 Å². The fourth-order valence-electron chi connectivity index (χ4n) is 2.16. The molecule has 0 bridgehead atoms. The molecule has 0 N–H and O–H groups in total. The van der Waals surface area contributed by atoms with E-state index in [1.807, 2.05) is 12.1 Å². The van der Waals surface area contributed by atoms with Crippen molar-refractivity contribution in [3.63, 3.8) is 0 Å². The quantitative estimate of drug-likeness (QED) is 0.605. The standard InChI is InChI=1S/C18H16O2/c1-3-13-8-10-15(11-9-13)18(20)17-14(4-2)6-5-7-16(17)12-19/h4-12H,2-3H2,1H3. The lowest BCUT2D eigenvalue weighted by molar-refractivity contribution is 0.102. The van der Waals surface area contributed by atoms with Gasteiger partial charge in [-0.3, -0.25) is 9.59 Å². The molecule has 0 aliphatic rings. The molecule has 0 aliphatic heterocycles. The van der Waals surface area contributed by atoms with E-state index >= 15 is 0 Å². The van der Waals surface area contributed by atoms with E-state index in [0.717, 1.165) is 6.42 Å². The second-order valence-electron chi connectivity index (χ2n) is 4.51. The number of carbonyl (C=O) groups is 2. The lowest BCUT2D eigenvalue weighted by Gasteiger charge is -2.08. The topological polar surface area (TPSA) is 34.1 Å². The molecule has 2 nitrogen and oxygen atoms in total. The van der Waals surface area contributed by atoms with Crippen molar-refractivity contribution in [1.82, 2.24) is 0 Å². The molecule has 2 rings (SSSR count). The van der Waals surface area contributed by atoms with Crippen LogP contribution in [0.4, 0.5) is 0 Å². The minimum atomic E-state index is -0.148. The second kappa shape index (κ2) is 6.11. The van der Waals surface area contributed by atoms with E-state index in [1.54, 1.807) is 36.4 Å². The minimum Gasteiger partial charge on any atom is -0.298 e. The van der Waals surface area contributed by atoms with Crippen LogP contribution >= 0.6 is 0 Å². The third kappa shape index (κ3) is 2.59. The van der Waals surface area contributed by atoms with Crippen LogP contribution in [0.1, 0.15) is 44.3 Å². The largest absolute Gasteiger partial charge is 0.298 e. The Labute approximate surface area is 118 Å². The van der Waals surface area contributed by atoms with Gasteiger partial charge in [0.25, 0.3) is 0 Å². The lowest BCUT2D eigenvalue weighted by Crippen LogP contribution is -2.07. The van der Waals surface area contributed by atoms with Crippen molar-refractivity contribution in [2.24, 2.45) is 0 Å². The maximum atomic E-state index is 12.6. The van der Waals surface area contributed by atoms with Crippen molar-refractivity contribution >= 4 is 18.1 Å². The Morgan fingerprint density at radius 2 is 1.75 bits per heavy atom. The van der Waals surface area contributed by atoms with Crippen LogP contribution in [0, 0.1) is 0 Å². The fraction of sp³-hybridized carbons (Fsp3) is 0.111. The number of carbonyl (C=O) groups excluding carboxylic acids is 2. The van der Waals surface area contributed by atoms with E-state index < -0.39 is 0 Å². The highest BCUT2D eigenvalue weighted by Gasteiger charge is 2.16. The normalized spacial score (nSPS) is 10.1. The van der Waals surface area contributed by atoms with Gasteiger partial charge in [0.2, 0.25) is 0 Å². The van der Waals surface area contributed by atoms with Crippen LogP contribution < -0.4 is 0 Å². The number of aryl methyl sites for hydroxylation is 1. The Hall–Kier alpha value is -2.48. The molecule has 2 aromatic rings. The molecule has 0 atom stereocenters. The van der Waals surface area contributed by atoms with Gasteiger partial charge in [-0.05, 0) is 17.5 Å². The molecule has 0 radical (unpaired) electrons. The van der Waals surface area contributed by atoms with E-state index in [4.69, 9.17) is 0 Å². The first-order valence-electron chi connectivity index (χ1n) is 6.55. The molecule has 0 aliphatic carbocycles. The third-order valence-corrected chi connectivity index (χ3v) is 3.33. The Morgan fingerprint density at radius 1 is 1.10 bits per heavy atom. The molecule has 0 amide bonds. The summed E-state index contributed by atoms with van der Waals surface area (Å²) in [7, 11) is 0. The summed E-state index contributed by atoms with van der Waals surface area (Å²) >= 11 is 0. The van der Waals surface area contributed by atoms with Crippen molar-refractivity contribution in [2.75, 3.05) is 0 Å². The van der Waals surface area contributed by atoms with Crippen molar-refractivity contribution in [3.05, 3.63) is 76.9 Å². The first-order valence-corrected chi connectivity index (χ1v) is 6.55. The van der Waals surface area contributed by atoms with Crippen molar-refractivity contribution in [1.29, 1.82) is 0 Å². The third-order valence-electron chi connectivity index (χ3n) is 3.33. The smallest absolute Gasteiger partial charge is 0.194 e. The summed E-state index contributed by atoms with van der Waals surface area (Å²) in [5.41, 5.74) is 3.25. The Kier molecular flexibility index (Phi) is 4.26. The van der Waals surface area contributed by atoms with Crippen LogP contribution in [0.25, 0.3) is 6.08 Å². The van der Waals surface area contributed by atoms with Gasteiger partial charge in [-0.1, -0.05) is 62.0 Å². The highest BCUT2D eigenvalue weighted by Crippen LogP contribution is 2.20. The maximum Gasteiger partial charge on any atom is 0.194 e. The van der Waals surface area contributed by atoms with Gasteiger partial charge in [-0.15, -0.1) is 0 Å². The van der Waals surface area contributed by atoms with Gasteiger partial charge in [0, 0.05) is 16.7 Å². The van der Waals surface area contributed by atoms with Gasteiger partial charge in [-0.2, -0.15) is 0 Å². The van der Waals surface area contributed by atoms with Gasteiger partial charge >= 0.3 is 0 Å². The van der Waals surface area contributed by atoms with Crippen molar-refractivity contribution < 1.29 is 9.59 Å². The van der Waals surface area contributed by atoms with Gasteiger partial charge in [0.1, 0.15) is 0 Å². The number of aldehydes is 1. The molecule has 0 saturated carbocycles. The molecule has 0 aromatic heterocycles. The summed E-state index contributed by atoms with van der Waals surface area (Å²) in [5.74, 6) is -0.148. The van der Waals surface area contributed by atoms with Gasteiger partial charge < -0.3 is 0 Å². The summed E-state index contributed by atoms with van der Waals surface area (Å²) in [6.07, 6.45) is 3.23. The van der Waals surface area contributed by atoms with Crippen molar-refractivity contribution in [3.8, 4) is 0 Å². The molecule has 0 spiro atoms. The highest BCUT2D eigenvalue weighted by atomic mass is 16.1. The number of hydrogen-bond donors (Lipinski definition) is 0. The Balaban J connectivity index is 2.51. The number of benzene rings is 2. The Morgan fingerprint density at radius 3 is 2.30 bits per heavy atom. The van der Waals surface area contributed by atoms with Crippen LogP contribution in [0.15, 0.2) is 49.0 Å². The molecular weight excluding hydrogens is 248 g/mol. The lowest BCUT2D eigenvalue weighted by atomic mass is 9.93. The molecule has 20 heavy (non-hydrogen) atoms. The predicted molar refractivity (Wildman–Crippen MR) is 81.2 cm³/mol. The average Bonchev–Trinajstić information content (AvgIpc) is 2.53. The van der Waals surface area contributed by atoms with E-state index in [1.165, 1.54) is 5.56 Å². The van der Waals surface area contributed by atoms with Crippen LogP contribution in [-0.4, -0.2) is 12.1 Å². The molecular formula is C18H16O2. The summed E-state index contributed by atoms with van der Waals surface area (Å²) in [6.45, 7) is 5.77. The molecule has 100 valence electrons. The van der Waals surface area contributed by atoms with Crippen LogP contribution in [0.2, 0.25) is 0 Å². The molecule has 2 aromatic carbocycles. The van der Waals surface area contributed by atoms with Crippen molar-refractivity contribution in [2.45, 2.75) is 13.3 Å². The first kappa shape index (κ1) is 13.9. The van der Waals surface area contributed by atoms with Gasteiger partial charge in [0.05, 0.1) is 0 Å². The van der Waals surface area contributed by atoms with Crippen LogP contribution in [-0.2, 0) is 6.42 Å². The van der Waals surface area contributed by atoms with Gasteiger partial charge in [-0.25, -0.2) is 0 Å². The zero-order valence-corrected chi connectivity index (χ0v) is 11.4. The highest BCUT2D eigenvalue weighted by molar-refractivity contribution is 6.14. The molecule has 0 heterocycles. The summed E-state index contributed by atoms with van der Waals surface area (Å²) < 4.78 is 0. The predicted octanol–water partition coefficient (Wildman–Crippen LogP) is 3.94. The van der Waals surface area contributed by atoms with E-state index in [9.17, 15) is 9.59 Å². The zero-order chi connectivity index (χ0) is 14.5. The number of rotatable bonds is 5. The second-order valence-corrected chi connectivity index (χ2v) is 4.51. The minimum absolute atomic E-state index is 0.148. The monoisotopic (exact) mass is 264 g/mol. The molecule has 0 unspecified atom stereocenters. The number of hydrogen-bond acceptors (Lipinski definition) is 2. The van der Waals surface area contributed by atoms with Gasteiger partial charge in [0.15, 0.2) is 12.1 Å². The number of ketones is 1. The van der Waals surface area contributed by atoms with E-state index in [0.29, 0.717) is 28.5 Å². The summed E-state index contributed by atoms with van der Waals surface area (Å²) in [6, 6.07) is 12.7.